The summed E-state index contributed by atoms with van der Waals surface area (Å²) in [6, 6.07) is 4.63. The van der Waals surface area contributed by atoms with Gasteiger partial charge >= 0.3 is 0 Å². The maximum atomic E-state index is 9.72. The fourth-order valence-electron chi connectivity index (χ4n) is 1.30. The van der Waals surface area contributed by atoms with Crippen molar-refractivity contribution in [3.05, 3.63) is 28.8 Å². The summed E-state index contributed by atoms with van der Waals surface area (Å²) in [7, 11) is 1.66. The van der Waals surface area contributed by atoms with Crippen LogP contribution in [0.5, 0.6) is 5.75 Å². The Labute approximate surface area is 93.1 Å². The summed E-state index contributed by atoms with van der Waals surface area (Å²) in [5, 5.41) is 31.7. The predicted octanol–water partition coefficient (Wildman–Crippen LogP) is 0.659. The molecule has 0 aliphatic heterocycles. The average Bonchev–Trinajstić information content (AvgIpc) is 2.21. The zero-order valence-electron chi connectivity index (χ0n) is 8.31. The van der Waals surface area contributed by atoms with Gasteiger partial charge in [-0.2, -0.15) is 0 Å². The van der Waals surface area contributed by atoms with E-state index in [0.717, 1.165) is 0 Å². The van der Waals surface area contributed by atoms with E-state index in [2.05, 4.69) is 5.32 Å². The molecule has 2 unspecified atom stereocenters. The van der Waals surface area contributed by atoms with Gasteiger partial charge in [0.1, 0.15) is 11.9 Å². The Balaban J connectivity index is 2.90. The van der Waals surface area contributed by atoms with Gasteiger partial charge in [-0.1, -0.05) is 23.7 Å². The molecular weight excluding hydrogens is 218 g/mol. The molecule has 15 heavy (non-hydrogen) atoms. The van der Waals surface area contributed by atoms with Gasteiger partial charge in [-0.05, 0) is 13.1 Å². The van der Waals surface area contributed by atoms with Crippen LogP contribution in [0, 0.1) is 0 Å². The largest absolute Gasteiger partial charge is 0.506 e. The topological polar surface area (TPSA) is 72.7 Å². The number of para-hydroxylation sites is 1. The third-order valence-corrected chi connectivity index (χ3v) is 2.42. The van der Waals surface area contributed by atoms with Crippen LogP contribution in [-0.4, -0.2) is 35.0 Å². The van der Waals surface area contributed by atoms with Crippen molar-refractivity contribution in [3.63, 3.8) is 0 Å². The van der Waals surface area contributed by atoms with Crippen LogP contribution in [0.4, 0.5) is 0 Å². The molecule has 0 heterocycles. The number of phenolic OH excluding ortho intramolecular Hbond substituents is 1. The molecule has 4 nitrogen and oxygen atoms in total. The van der Waals surface area contributed by atoms with Gasteiger partial charge in [0.25, 0.3) is 0 Å². The molecule has 84 valence electrons. The van der Waals surface area contributed by atoms with E-state index >= 15 is 0 Å². The lowest BCUT2D eigenvalue weighted by Crippen LogP contribution is -2.29. The van der Waals surface area contributed by atoms with Crippen LogP contribution in [0.15, 0.2) is 18.2 Å². The monoisotopic (exact) mass is 231 g/mol. The quantitative estimate of drug-likeness (QED) is 0.614. The van der Waals surface area contributed by atoms with E-state index in [-0.39, 0.29) is 22.9 Å². The Morgan fingerprint density at radius 2 is 2.07 bits per heavy atom. The summed E-state index contributed by atoms with van der Waals surface area (Å²) in [5.41, 5.74) is 0.227. The number of likely N-dealkylation sites (N-methyl/N-ethyl adjacent to an activating group) is 1. The second-order valence-corrected chi connectivity index (χ2v) is 3.65. The first-order chi connectivity index (χ1) is 7.07. The van der Waals surface area contributed by atoms with Crippen LogP contribution in [0.2, 0.25) is 5.02 Å². The number of benzene rings is 1. The first kappa shape index (κ1) is 12.3. The van der Waals surface area contributed by atoms with Gasteiger partial charge in [-0.3, -0.25) is 0 Å². The SMILES string of the molecule is CNCC(O)C(O)c1cccc(Cl)c1O. The lowest BCUT2D eigenvalue weighted by molar-refractivity contribution is 0.0189. The number of hydrogen-bond donors (Lipinski definition) is 4. The van der Waals surface area contributed by atoms with Crippen LogP contribution in [0.1, 0.15) is 11.7 Å². The highest BCUT2D eigenvalue weighted by atomic mass is 35.5. The number of aliphatic hydroxyl groups excluding tert-OH is 2. The number of hydrogen-bond acceptors (Lipinski definition) is 4. The predicted molar refractivity (Wildman–Crippen MR) is 58.0 cm³/mol. The summed E-state index contributed by atoms with van der Waals surface area (Å²) in [4.78, 5) is 0. The normalized spacial score (nSPS) is 14.9. The zero-order valence-corrected chi connectivity index (χ0v) is 9.07. The van der Waals surface area contributed by atoms with Gasteiger partial charge in [-0.25, -0.2) is 0 Å². The van der Waals surface area contributed by atoms with Crippen molar-refractivity contribution in [2.24, 2.45) is 0 Å². The summed E-state index contributed by atoms with van der Waals surface area (Å²) >= 11 is 5.68. The lowest BCUT2D eigenvalue weighted by atomic mass is 10.0. The van der Waals surface area contributed by atoms with E-state index < -0.39 is 12.2 Å². The first-order valence-corrected chi connectivity index (χ1v) is 4.93. The third kappa shape index (κ3) is 2.82. The van der Waals surface area contributed by atoms with Crippen molar-refractivity contribution in [2.45, 2.75) is 12.2 Å². The first-order valence-electron chi connectivity index (χ1n) is 4.56. The molecule has 0 aliphatic carbocycles. The maximum Gasteiger partial charge on any atom is 0.140 e. The number of aromatic hydroxyl groups is 1. The molecule has 0 radical (unpaired) electrons. The molecule has 1 rings (SSSR count). The van der Waals surface area contributed by atoms with Crippen LogP contribution in [0.25, 0.3) is 0 Å². The molecule has 0 saturated heterocycles. The van der Waals surface area contributed by atoms with E-state index in [1.165, 1.54) is 12.1 Å². The minimum atomic E-state index is -1.16. The highest BCUT2D eigenvalue weighted by Crippen LogP contribution is 2.32. The number of halogens is 1. The Kier molecular flexibility index (Phi) is 4.35. The Bertz CT molecular complexity index is 332. The van der Waals surface area contributed by atoms with Gasteiger partial charge in [0.05, 0.1) is 11.1 Å². The molecule has 0 bridgehead atoms. The molecule has 4 N–H and O–H groups in total. The van der Waals surface area contributed by atoms with Gasteiger partial charge < -0.3 is 20.6 Å². The molecule has 0 saturated carbocycles. The van der Waals surface area contributed by atoms with Crippen LogP contribution < -0.4 is 5.32 Å². The van der Waals surface area contributed by atoms with Crippen LogP contribution in [-0.2, 0) is 0 Å². The van der Waals surface area contributed by atoms with Gasteiger partial charge in [0.15, 0.2) is 0 Å². The molecular formula is C10H14ClNO3. The Hall–Kier alpha value is -0.810. The van der Waals surface area contributed by atoms with Crippen molar-refractivity contribution in [1.82, 2.24) is 5.32 Å². The molecule has 2 atom stereocenters. The van der Waals surface area contributed by atoms with Crippen molar-refractivity contribution >= 4 is 11.6 Å². The second-order valence-electron chi connectivity index (χ2n) is 3.25. The van der Waals surface area contributed by atoms with Gasteiger partial charge in [0.2, 0.25) is 0 Å². The fourth-order valence-corrected chi connectivity index (χ4v) is 1.48. The molecule has 0 aromatic heterocycles. The molecule has 1 aromatic rings. The summed E-state index contributed by atoms with van der Waals surface area (Å²) in [5.74, 6) is -0.193. The van der Waals surface area contributed by atoms with Gasteiger partial charge in [-0.15, -0.1) is 0 Å². The highest BCUT2D eigenvalue weighted by Gasteiger charge is 2.21. The maximum absolute atomic E-state index is 9.72. The van der Waals surface area contributed by atoms with Crippen molar-refractivity contribution in [3.8, 4) is 5.75 Å². The molecule has 0 amide bonds. The molecule has 0 aliphatic rings. The fraction of sp³-hybridized carbons (Fsp3) is 0.400. The average molecular weight is 232 g/mol. The van der Waals surface area contributed by atoms with Crippen LogP contribution >= 0.6 is 11.6 Å². The van der Waals surface area contributed by atoms with E-state index in [9.17, 15) is 15.3 Å². The highest BCUT2D eigenvalue weighted by molar-refractivity contribution is 6.32. The minimum absolute atomic E-state index is 0.156. The molecule has 1 aromatic carbocycles. The minimum Gasteiger partial charge on any atom is -0.506 e. The summed E-state index contributed by atoms with van der Waals surface area (Å²) in [6.07, 6.45) is -2.14. The molecule has 5 heteroatoms. The number of phenols is 1. The Morgan fingerprint density at radius 1 is 1.40 bits per heavy atom. The number of rotatable bonds is 4. The summed E-state index contributed by atoms with van der Waals surface area (Å²) < 4.78 is 0. The van der Waals surface area contributed by atoms with Crippen molar-refractivity contribution < 1.29 is 15.3 Å². The third-order valence-electron chi connectivity index (χ3n) is 2.11. The van der Waals surface area contributed by atoms with E-state index in [0.29, 0.717) is 0 Å². The standard InChI is InChI=1S/C10H14ClNO3/c1-12-5-8(13)10(15)6-3-2-4-7(11)9(6)14/h2-4,8,10,12-15H,5H2,1H3. The number of nitrogens with one attached hydrogen (secondary N) is 1. The van der Waals surface area contributed by atoms with Crippen molar-refractivity contribution in [1.29, 1.82) is 0 Å². The Morgan fingerprint density at radius 3 is 2.67 bits per heavy atom. The van der Waals surface area contributed by atoms with E-state index in [1.54, 1.807) is 13.1 Å². The second kappa shape index (κ2) is 5.32. The van der Waals surface area contributed by atoms with Crippen molar-refractivity contribution in [2.75, 3.05) is 13.6 Å². The molecule has 0 fully saturated rings. The zero-order chi connectivity index (χ0) is 11.4. The molecule has 0 spiro atoms. The number of aliphatic hydroxyl groups is 2. The lowest BCUT2D eigenvalue weighted by Gasteiger charge is -2.18. The van der Waals surface area contributed by atoms with Gasteiger partial charge in [0, 0.05) is 12.1 Å². The summed E-state index contributed by atoms with van der Waals surface area (Å²) in [6.45, 7) is 0.229. The van der Waals surface area contributed by atoms with E-state index in [1.807, 2.05) is 0 Å². The van der Waals surface area contributed by atoms with E-state index in [4.69, 9.17) is 11.6 Å². The smallest absolute Gasteiger partial charge is 0.140 e. The van der Waals surface area contributed by atoms with Crippen LogP contribution in [0.3, 0.4) is 0 Å².